The van der Waals surface area contributed by atoms with Crippen molar-refractivity contribution in [2.75, 3.05) is 0 Å². The van der Waals surface area contributed by atoms with Gasteiger partial charge in [-0.05, 0) is 36.1 Å². The van der Waals surface area contributed by atoms with Gasteiger partial charge in [-0.2, -0.15) is 0 Å². The fraction of sp³-hybridized carbons (Fsp3) is 0.267. The van der Waals surface area contributed by atoms with Crippen molar-refractivity contribution in [1.29, 1.82) is 0 Å². The van der Waals surface area contributed by atoms with Crippen molar-refractivity contribution in [1.82, 2.24) is 4.98 Å². The van der Waals surface area contributed by atoms with Gasteiger partial charge in [0.05, 0.1) is 5.69 Å². The molecule has 0 aliphatic carbocycles. The summed E-state index contributed by atoms with van der Waals surface area (Å²) >= 11 is 0. The summed E-state index contributed by atoms with van der Waals surface area (Å²) in [6.45, 7) is 4.34. The van der Waals surface area contributed by atoms with E-state index in [1.807, 2.05) is 18.3 Å². The molecule has 1 aromatic heterocycles. The average Bonchev–Trinajstić information content (AvgIpc) is 2.38. The predicted molar refractivity (Wildman–Crippen MR) is 68.3 cm³/mol. The minimum atomic E-state index is -0.227. The summed E-state index contributed by atoms with van der Waals surface area (Å²) in [4.78, 5) is 4.39. The van der Waals surface area contributed by atoms with Crippen LogP contribution in [0.5, 0.6) is 0 Å². The zero-order valence-electron chi connectivity index (χ0n) is 10.2. The van der Waals surface area contributed by atoms with Gasteiger partial charge >= 0.3 is 0 Å². The number of hydrogen-bond acceptors (Lipinski definition) is 1. The third kappa shape index (κ3) is 2.70. The minimum Gasteiger partial charge on any atom is -0.256 e. The van der Waals surface area contributed by atoms with Gasteiger partial charge in [0.25, 0.3) is 0 Å². The standard InChI is InChI=1S/C15H16FN/c1-3-11(2)13-7-8-15(17-10-13)12-5-4-6-14(16)9-12/h4-11H,3H2,1-2H3. The second kappa shape index (κ2) is 5.09. The van der Waals surface area contributed by atoms with Gasteiger partial charge in [-0.1, -0.05) is 32.0 Å². The summed E-state index contributed by atoms with van der Waals surface area (Å²) in [5, 5.41) is 0. The summed E-state index contributed by atoms with van der Waals surface area (Å²) in [5.74, 6) is 0.291. The van der Waals surface area contributed by atoms with E-state index in [4.69, 9.17) is 0 Å². The van der Waals surface area contributed by atoms with Gasteiger partial charge in [0.15, 0.2) is 0 Å². The van der Waals surface area contributed by atoms with Gasteiger partial charge in [-0.15, -0.1) is 0 Å². The molecule has 2 rings (SSSR count). The molecule has 1 nitrogen and oxygen atoms in total. The molecule has 0 amide bonds. The van der Waals surface area contributed by atoms with Crippen molar-refractivity contribution >= 4 is 0 Å². The molecule has 2 heteroatoms. The highest BCUT2D eigenvalue weighted by Crippen LogP contribution is 2.22. The molecular weight excluding hydrogens is 213 g/mol. The van der Waals surface area contributed by atoms with Gasteiger partial charge in [0.1, 0.15) is 5.82 Å². The van der Waals surface area contributed by atoms with Crippen molar-refractivity contribution < 1.29 is 4.39 Å². The van der Waals surface area contributed by atoms with Crippen molar-refractivity contribution in [2.24, 2.45) is 0 Å². The minimum absolute atomic E-state index is 0.227. The highest BCUT2D eigenvalue weighted by Gasteiger charge is 2.05. The molecule has 0 saturated heterocycles. The molecule has 0 radical (unpaired) electrons. The fourth-order valence-corrected chi connectivity index (χ4v) is 1.75. The number of nitrogens with zero attached hydrogens (tertiary/aromatic N) is 1. The van der Waals surface area contributed by atoms with Crippen LogP contribution in [0.1, 0.15) is 31.7 Å². The van der Waals surface area contributed by atoms with E-state index in [0.29, 0.717) is 5.92 Å². The molecule has 0 N–H and O–H groups in total. The Hall–Kier alpha value is -1.70. The van der Waals surface area contributed by atoms with E-state index in [2.05, 4.69) is 24.9 Å². The maximum atomic E-state index is 13.1. The van der Waals surface area contributed by atoms with Crippen LogP contribution in [0.15, 0.2) is 42.6 Å². The number of pyridine rings is 1. The third-order valence-corrected chi connectivity index (χ3v) is 3.09. The van der Waals surface area contributed by atoms with Crippen LogP contribution >= 0.6 is 0 Å². The van der Waals surface area contributed by atoms with E-state index in [9.17, 15) is 4.39 Å². The Morgan fingerprint density at radius 3 is 2.65 bits per heavy atom. The van der Waals surface area contributed by atoms with Crippen LogP contribution in [0.3, 0.4) is 0 Å². The zero-order valence-corrected chi connectivity index (χ0v) is 10.2. The number of benzene rings is 1. The molecule has 0 aliphatic rings. The first-order chi connectivity index (χ1) is 8.20. The second-order valence-electron chi connectivity index (χ2n) is 4.30. The summed E-state index contributed by atoms with van der Waals surface area (Å²) in [6, 6.07) is 10.5. The maximum Gasteiger partial charge on any atom is 0.123 e. The quantitative estimate of drug-likeness (QED) is 0.760. The smallest absolute Gasteiger partial charge is 0.123 e. The van der Waals surface area contributed by atoms with E-state index in [1.54, 1.807) is 6.07 Å². The van der Waals surface area contributed by atoms with Crippen LogP contribution in [0.25, 0.3) is 11.3 Å². The van der Waals surface area contributed by atoms with Crippen molar-refractivity contribution in [3.05, 3.63) is 54.0 Å². The van der Waals surface area contributed by atoms with Gasteiger partial charge in [-0.3, -0.25) is 4.98 Å². The lowest BCUT2D eigenvalue weighted by Crippen LogP contribution is -1.93. The van der Waals surface area contributed by atoms with Gasteiger partial charge in [0.2, 0.25) is 0 Å². The first kappa shape index (κ1) is 11.8. The van der Waals surface area contributed by atoms with E-state index in [0.717, 1.165) is 17.7 Å². The molecule has 0 bridgehead atoms. The largest absolute Gasteiger partial charge is 0.256 e. The Balaban J connectivity index is 2.29. The summed E-state index contributed by atoms with van der Waals surface area (Å²) in [7, 11) is 0. The Bertz CT molecular complexity index is 491. The van der Waals surface area contributed by atoms with E-state index < -0.39 is 0 Å². The first-order valence-electron chi connectivity index (χ1n) is 5.92. The Morgan fingerprint density at radius 1 is 1.24 bits per heavy atom. The molecule has 1 aromatic carbocycles. The molecule has 0 saturated carbocycles. The topological polar surface area (TPSA) is 12.9 Å². The average molecular weight is 229 g/mol. The van der Waals surface area contributed by atoms with Crippen LogP contribution in [0.4, 0.5) is 4.39 Å². The summed E-state index contributed by atoms with van der Waals surface area (Å²) in [5.41, 5.74) is 2.87. The summed E-state index contributed by atoms with van der Waals surface area (Å²) in [6.07, 6.45) is 2.98. The van der Waals surface area contributed by atoms with E-state index >= 15 is 0 Å². The van der Waals surface area contributed by atoms with E-state index in [1.165, 1.54) is 17.7 Å². The van der Waals surface area contributed by atoms with Crippen molar-refractivity contribution in [2.45, 2.75) is 26.2 Å². The van der Waals surface area contributed by atoms with Crippen molar-refractivity contribution in [3.8, 4) is 11.3 Å². The lowest BCUT2D eigenvalue weighted by Gasteiger charge is -2.09. The molecule has 0 aliphatic heterocycles. The molecule has 1 unspecified atom stereocenters. The first-order valence-corrected chi connectivity index (χ1v) is 5.92. The lowest BCUT2D eigenvalue weighted by molar-refractivity contribution is 0.628. The Kier molecular flexibility index (Phi) is 3.52. The molecule has 1 atom stereocenters. The molecule has 17 heavy (non-hydrogen) atoms. The van der Waals surface area contributed by atoms with Crippen LogP contribution in [0, 0.1) is 5.82 Å². The Labute approximate surface area is 101 Å². The highest BCUT2D eigenvalue weighted by molar-refractivity contribution is 5.58. The third-order valence-electron chi connectivity index (χ3n) is 3.09. The maximum absolute atomic E-state index is 13.1. The van der Waals surface area contributed by atoms with Gasteiger partial charge in [-0.25, -0.2) is 4.39 Å². The molecule has 0 fully saturated rings. The van der Waals surface area contributed by atoms with Gasteiger partial charge in [0, 0.05) is 11.8 Å². The SMILES string of the molecule is CCC(C)c1ccc(-c2cccc(F)c2)nc1. The zero-order chi connectivity index (χ0) is 12.3. The molecule has 0 spiro atoms. The van der Waals surface area contributed by atoms with Crippen LogP contribution in [-0.2, 0) is 0 Å². The fourth-order valence-electron chi connectivity index (χ4n) is 1.75. The molecule has 1 heterocycles. The van der Waals surface area contributed by atoms with Crippen molar-refractivity contribution in [3.63, 3.8) is 0 Å². The molecular formula is C15H16FN. The number of hydrogen-bond donors (Lipinski definition) is 0. The van der Waals surface area contributed by atoms with Gasteiger partial charge < -0.3 is 0 Å². The predicted octanol–water partition coefficient (Wildman–Crippen LogP) is 4.40. The molecule has 88 valence electrons. The summed E-state index contributed by atoms with van der Waals surface area (Å²) < 4.78 is 13.1. The second-order valence-corrected chi connectivity index (χ2v) is 4.30. The van der Waals surface area contributed by atoms with E-state index in [-0.39, 0.29) is 5.82 Å². The van der Waals surface area contributed by atoms with Crippen LogP contribution in [0.2, 0.25) is 0 Å². The monoisotopic (exact) mass is 229 g/mol. The number of halogens is 1. The lowest BCUT2D eigenvalue weighted by atomic mass is 10.00. The highest BCUT2D eigenvalue weighted by atomic mass is 19.1. The Morgan fingerprint density at radius 2 is 2.06 bits per heavy atom. The van der Waals surface area contributed by atoms with Crippen LogP contribution < -0.4 is 0 Å². The normalized spacial score (nSPS) is 12.4. The van der Waals surface area contributed by atoms with Crippen LogP contribution in [-0.4, -0.2) is 4.98 Å². The molecule has 2 aromatic rings. The number of aromatic nitrogens is 1. The number of rotatable bonds is 3.